The monoisotopic (exact) mass is 447 g/mol. The van der Waals surface area contributed by atoms with Crippen LogP contribution in [-0.4, -0.2) is 62.3 Å². The summed E-state index contributed by atoms with van der Waals surface area (Å²) in [7, 11) is 1.63. The molecule has 9 nitrogen and oxygen atoms in total. The lowest BCUT2D eigenvalue weighted by molar-refractivity contribution is -0.119. The highest BCUT2D eigenvalue weighted by molar-refractivity contribution is 5.91. The topological polar surface area (TPSA) is 114 Å². The number of methoxy groups -OCH3 is 1. The summed E-state index contributed by atoms with van der Waals surface area (Å²) in [6, 6.07) is 8.62. The standard InChI is InChI=1S/C24H29N7O2/c1-14(2)22-17-10-16(15-6-8-30(9-7-15)12-21(25)32)4-5-18(17)28-23(22)19-11-20(33-3)24-26-13-27-31(24)29-19/h4-5,10-11,13-15,28H,6-9,12H2,1-3H3,(H2,25,32). The molecule has 1 amide bonds. The van der Waals surface area contributed by atoms with Crippen LogP contribution in [-0.2, 0) is 4.79 Å². The summed E-state index contributed by atoms with van der Waals surface area (Å²) in [6.07, 6.45) is 3.52. The molecule has 3 N–H and O–H groups in total. The van der Waals surface area contributed by atoms with Gasteiger partial charge in [-0.3, -0.25) is 9.69 Å². The van der Waals surface area contributed by atoms with Gasteiger partial charge in [0.15, 0.2) is 5.75 Å². The van der Waals surface area contributed by atoms with Gasteiger partial charge in [0.1, 0.15) is 12.0 Å². The molecule has 1 saturated heterocycles. The summed E-state index contributed by atoms with van der Waals surface area (Å²) in [5.41, 5.74) is 11.4. The highest BCUT2D eigenvalue weighted by Crippen LogP contribution is 2.38. The first-order chi connectivity index (χ1) is 15.9. The van der Waals surface area contributed by atoms with Crippen molar-refractivity contribution in [1.29, 1.82) is 0 Å². The highest BCUT2D eigenvalue weighted by Gasteiger charge is 2.24. The number of hydrogen-bond donors (Lipinski definition) is 2. The van der Waals surface area contributed by atoms with Crippen LogP contribution in [0.3, 0.4) is 0 Å². The second-order valence-electron chi connectivity index (χ2n) is 9.06. The number of ether oxygens (including phenoxy) is 1. The maximum Gasteiger partial charge on any atom is 0.231 e. The van der Waals surface area contributed by atoms with Gasteiger partial charge in [-0.1, -0.05) is 19.9 Å². The van der Waals surface area contributed by atoms with Crippen molar-refractivity contribution in [3.05, 3.63) is 41.7 Å². The molecule has 3 aromatic heterocycles. The van der Waals surface area contributed by atoms with E-state index in [4.69, 9.17) is 10.5 Å². The zero-order chi connectivity index (χ0) is 23.1. The number of benzene rings is 1. The van der Waals surface area contributed by atoms with Crippen LogP contribution in [0, 0.1) is 0 Å². The molecular weight excluding hydrogens is 418 g/mol. The van der Waals surface area contributed by atoms with E-state index >= 15 is 0 Å². The number of nitrogens with zero attached hydrogens (tertiary/aromatic N) is 5. The largest absolute Gasteiger partial charge is 0.493 e. The zero-order valence-corrected chi connectivity index (χ0v) is 19.2. The molecule has 0 bridgehead atoms. The van der Waals surface area contributed by atoms with Crippen molar-refractivity contribution in [1.82, 2.24) is 29.7 Å². The Balaban J connectivity index is 1.53. The van der Waals surface area contributed by atoms with Gasteiger partial charge in [0.25, 0.3) is 0 Å². The molecule has 0 saturated carbocycles. The van der Waals surface area contributed by atoms with Crippen molar-refractivity contribution in [2.45, 2.75) is 38.5 Å². The van der Waals surface area contributed by atoms with Gasteiger partial charge in [0.05, 0.1) is 19.3 Å². The Hall–Kier alpha value is -3.46. The summed E-state index contributed by atoms with van der Waals surface area (Å²) in [4.78, 5) is 21.2. The predicted molar refractivity (Wildman–Crippen MR) is 126 cm³/mol. The molecule has 172 valence electrons. The van der Waals surface area contributed by atoms with Crippen molar-refractivity contribution in [3.63, 3.8) is 0 Å². The number of nitrogens with two attached hydrogens (primary N) is 1. The summed E-state index contributed by atoms with van der Waals surface area (Å²) >= 11 is 0. The number of carbonyl (C=O) groups is 1. The van der Waals surface area contributed by atoms with Gasteiger partial charge in [-0.25, -0.2) is 4.98 Å². The molecule has 33 heavy (non-hydrogen) atoms. The fourth-order valence-electron chi connectivity index (χ4n) is 4.99. The van der Waals surface area contributed by atoms with Crippen LogP contribution in [0.25, 0.3) is 27.9 Å². The number of amides is 1. The molecule has 0 spiro atoms. The Morgan fingerprint density at radius 1 is 1.27 bits per heavy atom. The third-order valence-electron chi connectivity index (χ3n) is 6.58. The first-order valence-corrected chi connectivity index (χ1v) is 11.4. The van der Waals surface area contributed by atoms with Crippen LogP contribution in [0.4, 0.5) is 0 Å². The average Bonchev–Trinajstić information content (AvgIpc) is 3.42. The number of hydrogen-bond acceptors (Lipinski definition) is 6. The summed E-state index contributed by atoms with van der Waals surface area (Å²) < 4.78 is 7.05. The van der Waals surface area contributed by atoms with Crippen molar-refractivity contribution < 1.29 is 9.53 Å². The lowest BCUT2D eigenvalue weighted by atomic mass is 9.87. The van der Waals surface area contributed by atoms with E-state index in [2.05, 4.69) is 57.1 Å². The molecule has 4 heterocycles. The molecule has 4 aromatic rings. The number of fused-ring (bicyclic) bond motifs is 2. The summed E-state index contributed by atoms with van der Waals surface area (Å²) in [5.74, 6) is 1.14. The Labute approximate surface area is 191 Å². The molecular formula is C24H29N7O2. The highest BCUT2D eigenvalue weighted by atomic mass is 16.5. The maximum atomic E-state index is 11.2. The molecule has 9 heteroatoms. The van der Waals surface area contributed by atoms with Gasteiger partial charge in [-0.15, -0.1) is 14.8 Å². The Kier molecular flexibility index (Phi) is 5.49. The molecule has 0 aliphatic carbocycles. The van der Waals surface area contributed by atoms with E-state index in [1.165, 1.54) is 27.5 Å². The van der Waals surface area contributed by atoms with E-state index < -0.39 is 0 Å². The van der Waals surface area contributed by atoms with Crippen LogP contribution in [0.2, 0.25) is 0 Å². The van der Waals surface area contributed by atoms with Crippen LogP contribution >= 0.6 is 0 Å². The lowest BCUT2D eigenvalue weighted by Crippen LogP contribution is -2.39. The van der Waals surface area contributed by atoms with Gasteiger partial charge in [-0.05, 0) is 61.0 Å². The number of primary amides is 1. The Morgan fingerprint density at radius 2 is 2.06 bits per heavy atom. The number of piperidine rings is 1. The second kappa shape index (κ2) is 8.47. The SMILES string of the molecule is COc1cc(-c2[nH]c3ccc(C4CCN(CC(N)=O)CC4)cc3c2C(C)C)nn2ncnc12. The smallest absolute Gasteiger partial charge is 0.231 e. The molecule has 1 aromatic carbocycles. The number of carbonyl (C=O) groups excluding carboxylic acids is 1. The minimum absolute atomic E-state index is 0.259. The van der Waals surface area contributed by atoms with Gasteiger partial charge in [0.2, 0.25) is 11.6 Å². The molecule has 1 aliphatic rings. The lowest BCUT2D eigenvalue weighted by Gasteiger charge is -2.31. The first kappa shape index (κ1) is 21.4. The Morgan fingerprint density at radius 3 is 2.76 bits per heavy atom. The van der Waals surface area contributed by atoms with Crippen molar-refractivity contribution in [3.8, 4) is 17.1 Å². The number of aromatic nitrogens is 5. The van der Waals surface area contributed by atoms with Crippen LogP contribution in [0.1, 0.15) is 49.7 Å². The van der Waals surface area contributed by atoms with E-state index in [0.29, 0.717) is 29.8 Å². The van der Waals surface area contributed by atoms with Crippen molar-refractivity contribution in [2.75, 3.05) is 26.7 Å². The molecule has 0 unspecified atom stereocenters. The van der Waals surface area contributed by atoms with Crippen LogP contribution in [0.15, 0.2) is 30.6 Å². The Bertz CT molecular complexity index is 1320. The molecule has 1 aliphatic heterocycles. The molecule has 0 atom stereocenters. The molecule has 0 radical (unpaired) electrons. The van der Waals surface area contributed by atoms with Gasteiger partial charge < -0.3 is 15.5 Å². The van der Waals surface area contributed by atoms with Crippen LogP contribution < -0.4 is 10.5 Å². The number of aromatic amines is 1. The van der Waals surface area contributed by atoms with E-state index in [9.17, 15) is 4.79 Å². The van der Waals surface area contributed by atoms with Crippen LogP contribution in [0.5, 0.6) is 5.75 Å². The maximum absolute atomic E-state index is 11.2. The van der Waals surface area contributed by atoms with Crippen molar-refractivity contribution >= 4 is 22.5 Å². The van der Waals surface area contributed by atoms with E-state index in [0.717, 1.165) is 42.8 Å². The van der Waals surface area contributed by atoms with E-state index in [1.807, 2.05) is 6.07 Å². The average molecular weight is 448 g/mol. The van der Waals surface area contributed by atoms with Gasteiger partial charge in [0, 0.05) is 17.0 Å². The molecule has 1 fully saturated rings. The molecule has 5 rings (SSSR count). The normalized spacial score (nSPS) is 15.6. The third kappa shape index (κ3) is 3.93. The predicted octanol–water partition coefficient (Wildman–Crippen LogP) is 3.07. The fraction of sp³-hybridized carbons (Fsp3) is 0.417. The minimum atomic E-state index is -0.259. The van der Waals surface area contributed by atoms with E-state index in [1.54, 1.807) is 7.11 Å². The summed E-state index contributed by atoms with van der Waals surface area (Å²) in [6.45, 7) is 6.53. The van der Waals surface area contributed by atoms with Gasteiger partial charge >= 0.3 is 0 Å². The van der Waals surface area contributed by atoms with E-state index in [-0.39, 0.29) is 5.91 Å². The quantitative estimate of drug-likeness (QED) is 0.469. The number of likely N-dealkylation sites (tertiary alicyclic amines) is 1. The fourth-order valence-corrected chi connectivity index (χ4v) is 4.99. The second-order valence-corrected chi connectivity index (χ2v) is 9.06. The zero-order valence-electron chi connectivity index (χ0n) is 19.2. The number of nitrogens with one attached hydrogen (secondary N) is 1. The summed E-state index contributed by atoms with van der Waals surface area (Å²) in [5, 5.41) is 10.1. The minimum Gasteiger partial charge on any atom is -0.493 e. The number of H-pyrrole nitrogens is 1. The van der Waals surface area contributed by atoms with Crippen molar-refractivity contribution in [2.24, 2.45) is 5.73 Å². The first-order valence-electron chi connectivity index (χ1n) is 11.4. The third-order valence-corrected chi connectivity index (χ3v) is 6.58. The van der Waals surface area contributed by atoms with Gasteiger partial charge in [-0.2, -0.15) is 0 Å². The number of rotatable bonds is 6.